The molecule has 7 aliphatic rings. The van der Waals surface area contributed by atoms with Crippen LogP contribution in [-0.2, 0) is 57.0 Å². The molecule has 0 aromatic heterocycles. The fourth-order valence-electron chi connectivity index (χ4n) is 11.9. The van der Waals surface area contributed by atoms with Gasteiger partial charge in [-0.2, -0.15) is 0 Å². The number of fused-ring (bicyclic) bond motifs is 6. The maximum absolute atomic E-state index is 13.9. The van der Waals surface area contributed by atoms with Crippen LogP contribution in [-0.4, -0.2) is 167 Å². The van der Waals surface area contributed by atoms with Gasteiger partial charge < -0.3 is 72.9 Å². The van der Waals surface area contributed by atoms with E-state index >= 15 is 0 Å². The number of carbonyl (C=O) groups is 2. The summed E-state index contributed by atoms with van der Waals surface area (Å²) < 4.78 is 63.5. The number of aliphatic hydroxyl groups is 5. The van der Waals surface area contributed by atoms with E-state index in [1.54, 1.807) is 20.3 Å². The number of allylic oxidation sites excluding steroid dienone is 2. The highest BCUT2D eigenvalue weighted by Gasteiger charge is 2.61. The number of rotatable bonds is 9. The lowest BCUT2D eigenvalue weighted by Gasteiger charge is -2.54. The van der Waals surface area contributed by atoms with Crippen molar-refractivity contribution in [1.82, 2.24) is 0 Å². The zero-order valence-electron chi connectivity index (χ0n) is 42.6. The lowest BCUT2D eigenvalue weighted by atomic mass is 9.82. The standard InChI is InChI=1S/C53H83ClO17/c1-31-19-22-51-24-21-41(62-4)49(70-51)48(60)47(59)32(2)17-18-40-46(54)44(63-5)29-52(67-40)23-20-33(3)53(71-52)30-43(39(69-53)16-11-9-7-8-10-15-38(57)50(61)64-6)66-45(58)28-37-14-12-13-36(65-37)26-34(55)25-35(56)27-42(31)68-51/h8-11,19,22,31-44,46-49,55-57,59-60H,7,12-18,20-21,23-30H2,1-6H3/b10-8-,11-9+/t31-,32-,33-,34-,35-,36-,37+,38?,39-,40+,41-,42+,43-,44+,46+,47-,48-,49-,51-,52+,53+/m0/s1. The number of halogens is 1. The van der Waals surface area contributed by atoms with Gasteiger partial charge in [-0.05, 0) is 82.6 Å². The van der Waals surface area contributed by atoms with Crippen LogP contribution >= 0.6 is 11.6 Å². The highest BCUT2D eigenvalue weighted by atomic mass is 35.5. The molecular weight excluding hydrogens is 944 g/mol. The van der Waals surface area contributed by atoms with Gasteiger partial charge in [0.1, 0.15) is 24.4 Å². The number of ether oxygens (including phenoxy) is 10. The van der Waals surface area contributed by atoms with Gasteiger partial charge in [0.05, 0.1) is 73.8 Å². The monoisotopic (exact) mass is 1030 g/mol. The molecule has 1 unspecified atom stereocenters. The van der Waals surface area contributed by atoms with Gasteiger partial charge in [-0.3, -0.25) is 4.79 Å². The van der Waals surface area contributed by atoms with Crippen molar-refractivity contribution in [3.05, 3.63) is 36.5 Å². The Morgan fingerprint density at radius 1 is 0.803 bits per heavy atom. The zero-order chi connectivity index (χ0) is 51.1. The number of hydrogen-bond donors (Lipinski definition) is 5. The third-order valence-corrected chi connectivity index (χ3v) is 16.8. The molecule has 0 radical (unpaired) electrons. The predicted molar refractivity (Wildman–Crippen MR) is 259 cm³/mol. The molecule has 0 saturated carbocycles. The van der Waals surface area contributed by atoms with E-state index in [2.05, 4.69) is 11.7 Å². The lowest BCUT2D eigenvalue weighted by Crippen LogP contribution is -2.61. The molecule has 7 heterocycles. The van der Waals surface area contributed by atoms with Gasteiger partial charge in [-0.15, -0.1) is 11.6 Å². The van der Waals surface area contributed by atoms with Gasteiger partial charge in [0.2, 0.25) is 0 Å². The number of aliphatic hydroxyl groups excluding tert-OH is 5. The van der Waals surface area contributed by atoms with Crippen molar-refractivity contribution in [1.29, 1.82) is 0 Å². The van der Waals surface area contributed by atoms with E-state index in [1.807, 2.05) is 44.2 Å². The average molecular weight is 1030 g/mol. The Hall–Kier alpha value is -2.07. The number of carbonyl (C=O) groups excluding carboxylic acids is 2. The molecule has 71 heavy (non-hydrogen) atoms. The lowest BCUT2D eigenvalue weighted by molar-refractivity contribution is -0.413. The van der Waals surface area contributed by atoms with Crippen LogP contribution in [0.1, 0.15) is 136 Å². The Bertz CT molecular complexity index is 1820. The second-order valence-corrected chi connectivity index (χ2v) is 22.1. The molecule has 9 bridgehead atoms. The summed E-state index contributed by atoms with van der Waals surface area (Å²) in [6, 6.07) is 0. The van der Waals surface area contributed by atoms with Gasteiger partial charge in [0, 0.05) is 64.6 Å². The molecule has 0 aromatic carbocycles. The zero-order valence-corrected chi connectivity index (χ0v) is 43.4. The van der Waals surface area contributed by atoms with Crippen molar-refractivity contribution in [2.75, 3.05) is 21.3 Å². The Morgan fingerprint density at radius 2 is 1.55 bits per heavy atom. The van der Waals surface area contributed by atoms with E-state index in [1.165, 1.54) is 7.11 Å². The molecule has 0 aromatic rings. The van der Waals surface area contributed by atoms with Crippen LogP contribution in [0, 0.1) is 17.8 Å². The second-order valence-electron chi connectivity index (χ2n) is 21.6. The third kappa shape index (κ3) is 14.1. The largest absolute Gasteiger partial charge is 0.467 e. The van der Waals surface area contributed by atoms with E-state index in [9.17, 15) is 35.1 Å². The molecule has 404 valence electrons. The first-order valence-electron chi connectivity index (χ1n) is 26.3. The van der Waals surface area contributed by atoms with Crippen molar-refractivity contribution < 1.29 is 82.5 Å². The summed E-state index contributed by atoms with van der Waals surface area (Å²) in [6.45, 7) is 5.94. The molecule has 6 fully saturated rings. The quantitative estimate of drug-likeness (QED) is 0.108. The molecule has 7 rings (SSSR count). The van der Waals surface area contributed by atoms with Gasteiger partial charge in [-0.25, -0.2) is 4.79 Å². The molecule has 3 spiro atoms. The number of methoxy groups -OCH3 is 3. The minimum absolute atomic E-state index is 0.0195. The van der Waals surface area contributed by atoms with E-state index in [-0.39, 0.29) is 56.5 Å². The summed E-state index contributed by atoms with van der Waals surface area (Å²) in [5, 5.41) is 55.7. The first kappa shape index (κ1) is 56.7. The molecule has 0 amide bonds. The van der Waals surface area contributed by atoms with Crippen molar-refractivity contribution >= 4 is 23.5 Å². The first-order valence-corrected chi connectivity index (χ1v) is 26.8. The van der Waals surface area contributed by atoms with E-state index in [4.69, 9.17) is 54.2 Å². The fourth-order valence-corrected chi connectivity index (χ4v) is 12.3. The maximum Gasteiger partial charge on any atom is 0.335 e. The minimum atomic E-state index is -1.34. The van der Waals surface area contributed by atoms with Gasteiger partial charge in [0.15, 0.2) is 23.5 Å². The summed E-state index contributed by atoms with van der Waals surface area (Å²) in [4.78, 5) is 25.5. The molecule has 18 heteroatoms. The van der Waals surface area contributed by atoms with Crippen molar-refractivity contribution in [3.63, 3.8) is 0 Å². The van der Waals surface area contributed by atoms with E-state index in [0.29, 0.717) is 70.6 Å². The van der Waals surface area contributed by atoms with E-state index < -0.39 is 120 Å². The van der Waals surface area contributed by atoms with Crippen LogP contribution in [0.4, 0.5) is 0 Å². The molecule has 7 aliphatic heterocycles. The topological polar surface area (TPSA) is 228 Å². The summed E-state index contributed by atoms with van der Waals surface area (Å²) in [5.74, 6) is -5.32. The SMILES string of the molecule is COC(=O)C(O)C/C=C\C/C=C/C[C@@H]1O[C@@]23C[C@@H]1OC(=O)C[C@H]1CCC[C@@H](C[C@@H](O)C[C@H](O)C[C@H]4O[C@]5(C=C[C@@H]4C)CC[C@H](OC)[C@H](O5)[C@@H](O)[C@@H](O)[C@@H](C)CC[C@H]4O[C@@](CC[C@@H]2C)(C[C@@H](OC)[C@@H]4Cl)O3)O1. The molecule has 6 saturated heterocycles. The predicted octanol–water partition coefficient (Wildman–Crippen LogP) is 5.61. The van der Waals surface area contributed by atoms with Crippen molar-refractivity contribution in [3.8, 4) is 0 Å². The maximum atomic E-state index is 13.9. The second kappa shape index (κ2) is 25.2. The first-order chi connectivity index (χ1) is 33.9. The average Bonchev–Trinajstić information content (AvgIpc) is 3.68. The Balaban J connectivity index is 1.13. The third-order valence-electron chi connectivity index (χ3n) is 16.3. The van der Waals surface area contributed by atoms with Crippen LogP contribution < -0.4 is 0 Å². The van der Waals surface area contributed by atoms with Gasteiger partial charge in [0.25, 0.3) is 0 Å². The number of hydrogen-bond acceptors (Lipinski definition) is 17. The summed E-state index contributed by atoms with van der Waals surface area (Å²) >= 11 is 7.16. The normalized spacial score (nSPS) is 45.7. The fraction of sp³-hybridized carbons (Fsp3) is 0.849. The van der Waals surface area contributed by atoms with Crippen molar-refractivity contribution in [2.24, 2.45) is 17.8 Å². The summed E-state index contributed by atoms with van der Waals surface area (Å²) in [7, 11) is 4.41. The minimum Gasteiger partial charge on any atom is -0.467 e. The molecule has 21 atom stereocenters. The van der Waals surface area contributed by atoms with Crippen LogP contribution in [0.2, 0.25) is 0 Å². The molecule has 0 aliphatic carbocycles. The highest BCUT2D eigenvalue weighted by molar-refractivity contribution is 6.21. The molecule has 5 N–H and O–H groups in total. The van der Waals surface area contributed by atoms with Gasteiger partial charge >= 0.3 is 11.9 Å². The van der Waals surface area contributed by atoms with Crippen LogP contribution in [0.3, 0.4) is 0 Å². The summed E-state index contributed by atoms with van der Waals surface area (Å²) in [6.07, 6.45) is 8.23. The number of alkyl halides is 1. The molecular formula is C53H83ClO17. The Kier molecular flexibility index (Phi) is 20.1. The van der Waals surface area contributed by atoms with Crippen LogP contribution in [0.25, 0.3) is 0 Å². The Morgan fingerprint density at radius 3 is 2.31 bits per heavy atom. The highest BCUT2D eigenvalue weighted by Crippen LogP contribution is 2.53. The smallest absolute Gasteiger partial charge is 0.335 e. The van der Waals surface area contributed by atoms with E-state index in [0.717, 1.165) is 6.42 Å². The Labute approximate surface area is 424 Å². The van der Waals surface area contributed by atoms with Crippen LogP contribution in [0.5, 0.6) is 0 Å². The summed E-state index contributed by atoms with van der Waals surface area (Å²) in [5.41, 5.74) is 0. The van der Waals surface area contributed by atoms with Crippen molar-refractivity contribution in [2.45, 2.75) is 245 Å². The number of esters is 2. The van der Waals surface area contributed by atoms with Crippen LogP contribution in [0.15, 0.2) is 36.5 Å². The van der Waals surface area contributed by atoms with Gasteiger partial charge in [-0.1, -0.05) is 51.2 Å². The molecule has 17 nitrogen and oxygen atoms in total.